The van der Waals surface area contributed by atoms with Crippen molar-refractivity contribution >= 4 is 142 Å². The highest BCUT2D eigenvalue weighted by Crippen LogP contribution is 2.47. The summed E-state index contributed by atoms with van der Waals surface area (Å²) in [5.41, 5.74) is 20.6. The number of nitrogens with one attached hydrogen (secondary N) is 3. The average molecular weight is 1580 g/mol. The van der Waals surface area contributed by atoms with Crippen LogP contribution in [0.5, 0.6) is 11.5 Å². The van der Waals surface area contributed by atoms with E-state index in [-0.39, 0.29) is 5.28 Å². The number of hydrogen-bond acceptors (Lipinski definition) is 18. The summed E-state index contributed by atoms with van der Waals surface area (Å²) < 4.78 is 43.4. The highest BCUT2D eigenvalue weighted by Gasteiger charge is 2.31. The maximum absolute atomic E-state index is 13.8. The molecule has 0 spiro atoms. The Balaban J connectivity index is 0.000000161. The Bertz CT molecular complexity index is 4820. The third-order valence-corrected chi connectivity index (χ3v) is 25.1. The number of methoxy groups -OCH3 is 2. The lowest BCUT2D eigenvalue weighted by atomic mass is 9.97. The van der Waals surface area contributed by atoms with Gasteiger partial charge in [-0.05, 0) is 243 Å². The fourth-order valence-corrected chi connectivity index (χ4v) is 18.7. The van der Waals surface area contributed by atoms with E-state index in [4.69, 9.17) is 31.8 Å². The van der Waals surface area contributed by atoms with Crippen LogP contribution in [0.1, 0.15) is 86.5 Å². The number of nitrogens with two attached hydrogens (primary N) is 1. The molecule has 0 saturated carbocycles. The zero-order chi connectivity index (χ0) is 73.0. The van der Waals surface area contributed by atoms with Crippen molar-refractivity contribution in [1.82, 2.24) is 49.3 Å². The fraction of sp³-hybridized carbons (Fsp3) is 0.410. The van der Waals surface area contributed by atoms with Crippen LogP contribution in [0.4, 0.5) is 51.7 Å². The molecule has 4 fully saturated rings. The summed E-state index contributed by atoms with van der Waals surface area (Å²) in [6.07, 6.45) is 24.1. The first-order valence-electron chi connectivity index (χ1n) is 35.7. The van der Waals surface area contributed by atoms with Crippen molar-refractivity contribution < 1.29 is 18.6 Å². The minimum atomic E-state index is -2.69. The van der Waals surface area contributed by atoms with Gasteiger partial charge in [0.2, 0.25) is 11.2 Å². The number of benzene rings is 6. The van der Waals surface area contributed by atoms with Crippen LogP contribution < -0.4 is 51.6 Å². The summed E-state index contributed by atoms with van der Waals surface area (Å²) in [5.74, 6) is 2.95. The van der Waals surface area contributed by atoms with E-state index in [1.807, 2.05) is 79.6 Å². The first kappa shape index (κ1) is 75.1. The zero-order valence-electron chi connectivity index (χ0n) is 61.4. The molecule has 6 aromatic carbocycles. The highest BCUT2D eigenvalue weighted by atomic mass is 79.9. The number of aromatic nitrogens is 8. The molecule has 25 heteroatoms. The van der Waals surface area contributed by atoms with Crippen molar-refractivity contribution in [3.63, 3.8) is 0 Å². The number of ether oxygens (including phenoxy) is 2. The Morgan fingerprint density at radius 2 is 0.942 bits per heavy atom. The minimum Gasteiger partial charge on any atom is -0.495 e. The zero-order valence-corrected chi connectivity index (χ0v) is 67.1. The molecule has 4 aromatic heterocycles. The largest absolute Gasteiger partial charge is 0.495 e. The van der Waals surface area contributed by atoms with Gasteiger partial charge in [-0.3, -0.25) is 9.36 Å². The summed E-state index contributed by atoms with van der Waals surface area (Å²) in [7, 11) is 2.02. The highest BCUT2D eigenvalue weighted by molar-refractivity contribution is 9.11. The van der Waals surface area contributed by atoms with Crippen LogP contribution in [0, 0.1) is 27.7 Å². The quantitative estimate of drug-likeness (QED) is 0.0402. The van der Waals surface area contributed by atoms with Crippen LogP contribution in [0.15, 0.2) is 119 Å². The fourth-order valence-electron chi connectivity index (χ4n) is 15.1. The van der Waals surface area contributed by atoms with Crippen LogP contribution in [0.25, 0.3) is 43.8 Å². The Kier molecular flexibility index (Phi) is 23.7. The molecular formula is C78H97Br2ClN16O4P2. The van der Waals surface area contributed by atoms with Crippen molar-refractivity contribution in [2.75, 3.05) is 125 Å². The minimum absolute atomic E-state index is 0.149. The van der Waals surface area contributed by atoms with Crippen molar-refractivity contribution in [2.45, 2.75) is 104 Å². The third kappa shape index (κ3) is 17.6. The topological polar surface area (TPSA) is 215 Å². The van der Waals surface area contributed by atoms with Gasteiger partial charge >= 0.3 is 0 Å². The molecule has 20 nitrogen and oxygen atoms in total. The molecule has 103 heavy (non-hydrogen) atoms. The lowest BCUT2D eigenvalue weighted by Crippen LogP contribution is -2.46. The van der Waals surface area contributed by atoms with Gasteiger partial charge in [0.05, 0.1) is 58.3 Å². The second-order valence-electron chi connectivity index (χ2n) is 28.7. The summed E-state index contributed by atoms with van der Waals surface area (Å²) in [5, 5.41) is 24.9. The second-order valence-corrected chi connectivity index (χ2v) is 37.0. The van der Waals surface area contributed by atoms with Crippen LogP contribution >= 0.6 is 57.7 Å². The number of nitrogens with zero attached hydrogens (tertiary/aromatic N) is 12. The predicted octanol–water partition coefficient (Wildman–Crippen LogP) is 17.4. The molecule has 14 rings (SSSR count). The number of fused-ring (bicyclic) bond motifs is 2. The molecule has 0 bridgehead atoms. The van der Waals surface area contributed by atoms with E-state index in [1.165, 1.54) is 99.9 Å². The van der Waals surface area contributed by atoms with E-state index in [0.29, 0.717) is 44.0 Å². The maximum Gasteiger partial charge on any atom is 0.229 e. The summed E-state index contributed by atoms with van der Waals surface area (Å²) in [4.78, 5) is 28.1. The van der Waals surface area contributed by atoms with Crippen LogP contribution in [0.2, 0.25) is 5.28 Å². The summed E-state index contributed by atoms with van der Waals surface area (Å²) in [6, 6.07) is 26.3. The second kappa shape index (κ2) is 32.4. The van der Waals surface area contributed by atoms with Gasteiger partial charge in [0.25, 0.3) is 0 Å². The predicted molar refractivity (Wildman–Crippen MR) is 435 cm³/mol. The Morgan fingerprint density at radius 3 is 1.38 bits per heavy atom. The van der Waals surface area contributed by atoms with Crippen molar-refractivity contribution in [3.8, 4) is 33.8 Å². The van der Waals surface area contributed by atoms with Gasteiger partial charge in [-0.1, -0.05) is 49.2 Å². The number of rotatable bonds is 16. The van der Waals surface area contributed by atoms with Gasteiger partial charge in [-0.25, -0.2) is 9.97 Å². The Hall–Kier alpha value is -7.55. The van der Waals surface area contributed by atoms with Crippen molar-refractivity contribution in [1.29, 1.82) is 0 Å². The number of anilines is 9. The Morgan fingerprint density at radius 1 is 0.515 bits per heavy atom. The molecule has 4 aliphatic rings. The van der Waals surface area contributed by atoms with Gasteiger partial charge in [-0.2, -0.15) is 20.2 Å². The van der Waals surface area contributed by atoms with Gasteiger partial charge in [0, 0.05) is 134 Å². The number of piperidine rings is 4. The van der Waals surface area contributed by atoms with E-state index in [2.05, 4.69) is 175 Å². The van der Waals surface area contributed by atoms with Gasteiger partial charge in [0.1, 0.15) is 37.4 Å². The molecule has 5 N–H and O–H groups in total. The summed E-state index contributed by atoms with van der Waals surface area (Å²) in [6.45, 7) is 24.7. The molecule has 0 unspecified atom stereocenters. The monoisotopic (exact) mass is 1580 g/mol. The first-order chi connectivity index (χ1) is 49.3. The molecule has 0 radical (unpaired) electrons. The van der Waals surface area contributed by atoms with Gasteiger partial charge in [0.15, 0.2) is 0 Å². The Labute approximate surface area is 628 Å². The van der Waals surface area contributed by atoms with Crippen molar-refractivity contribution in [3.05, 3.63) is 146 Å². The van der Waals surface area contributed by atoms with Crippen LogP contribution in [-0.2, 0) is 23.2 Å². The molecule has 544 valence electrons. The van der Waals surface area contributed by atoms with E-state index >= 15 is 0 Å². The van der Waals surface area contributed by atoms with Crippen LogP contribution in [0.3, 0.4) is 0 Å². The van der Waals surface area contributed by atoms with Gasteiger partial charge < -0.3 is 59.9 Å². The molecule has 10 aromatic rings. The third-order valence-electron chi connectivity index (χ3n) is 20.6. The first-order valence-corrected chi connectivity index (χ1v) is 42.8. The van der Waals surface area contributed by atoms with Gasteiger partial charge in [-0.15, -0.1) is 0 Å². The number of likely N-dealkylation sites (tertiary alicyclic amines) is 2. The lowest BCUT2D eigenvalue weighted by Gasteiger charge is -2.41. The van der Waals surface area contributed by atoms with E-state index in [9.17, 15) is 9.13 Å². The SMILES string of the molecule is COc1cc(N2CCC(N3CCCCC3)CC2)c(-c2cnn(C)c2)cc1N.COc1cc(N2CCC(N3CCCCC3)CC2)c(-c2cnn(C)c2)cc1Nc1ncc(Br)c(Nc2ccc3cc(C)c(C)cc3c2P(C)(C)=O)n1.Cc1cc2ccc(Nc3nc(Cl)ncc3Br)c(P(C)(C)=O)c2cc1C. The smallest absolute Gasteiger partial charge is 0.229 e. The normalized spacial score (nSPS) is 15.9. The molecule has 0 amide bonds. The number of nitrogen functional groups attached to an aromatic ring is 1. The van der Waals surface area contributed by atoms with E-state index in [1.54, 1.807) is 39.9 Å². The van der Waals surface area contributed by atoms with E-state index in [0.717, 1.165) is 134 Å². The molecule has 0 atom stereocenters. The molecule has 8 heterocycles. The number of aryl methyl sites for hydroxylation is 6. The molecule has 0 aliphatic carbocycles. The van der Waals surface area contributed by atoms with Crippen molar-refractivity contribution in [2.24, 2.45) is 14.1 Å². The standard InChI is InChI=1S/C39H48BrN8O2P.C21H31N5O.C18H18BrClN3OP/c1-25-18-27-10-11-33(37(51(5,6)49)31(27)19-26(25)2)43-38-32(40)23-41-39(45-38)44-34-20-30(28-22-42-46(3)24-28)35(21-36(34)50-4)48-16-12-29(13-17-48)47-14-8-7-9-15-47;1-24-15-16(14-23-24)18-12-19(22)21(27-2)13-20(18)26-10-6-17(7-11-26)25-8-4-3-5-9-25;1-10-7-12-5-6-15(22-17-14(19)9-21-18(20)23-17)16(25(3,4)24)13(12)8-11(10)2/h10-11,18-24,29H,7-9,12-17H2,1-6H3,(H2,41,43,44,45);12-15,17H,3-11,22H2,1-2H3;5-9H,1-4H3,(H,21,22,23). The average Bonchev–Trinajstić information content (AvgIpc) is 1.42. The summed E-state index contributed by atoms with van der Waals surface area (Å²) >= 11 is 13.0. The molecule has 4 saturated heterocycles. The number of halogens is 3. The number of hydrogen-bond donors (Lipinski definition) is 4. The molecule has 4 aliphatic heterocycles. The maximum atomic E-state index is 13.8. The van der Waals surface area contributed by atoms with Crippen LogP contribution in [-0.4, -0.2) is 155 Å². The molecular weight excluding hydrogens is 1480 g/mol. The van der Waals surface area contributed by atoms with E-state index < -0.39 is 14.3 Å². The lowest BCUT2D eigenvalue weighted by molar-refractivity contribution is 0.141.